The average molecular weight is 440 g/mol. The first-order valence-corrected chi connectivity index (χ1v) is 11.8. The van der Waals surface area contributed by atoms with Crippen LogP contribution in [-0.2, 0) is 6.42 Å². The Morgan fingerprint density at radius 2 is 1.70 bits per heavy atom. The van der Waals surface area contributed by atoms with E-state index >= 15 is 0 Å². The largest absolute Gasteiger partial charge is 1.00 e. The molecule has 0 N–H and O–H groups in total. The van der Waals surface area contributed by atoms with Gasteiger partial charge in [0.2, 0.25) is 0 Å². The van der Waals surface area contributed by atoms with Gasteiger partial charge in [-0.1, -0.05) is 74.2 Å². The number of rotatable bonds is 3. The van der Waals surface area contributed by atoms with Crippen LogP contribution in [0.5, 0.6) is 0 Å². The predicted molar refractivity (Wildman–Crippen MR) is 97.7 cm³/mol. The Kier molecular flexibility index (Phi) is 4.51. The summed E-state index contributed by atoms with van der Waals surface area (Å²) in [6.07, 6.45) is 1.60. The average Bonchev–Trinajstić information content (AvgIpc) is 2.53. The quantitative estimate of drug-likeness (QED) is 0.387. The van der Waals surface area contributed by atoms with Crippen LogP contribution in [0.25, 0.3) is 0 Å². The minimum Gasteiger partial charge on any atom is -1.00 e. The maximum absolute atomic E-state index is 8.50. The highest BCUT2D eigenvalue weighted by Crippen LogP contribution is 2.40. The predicted octanol–water partition coefficient (Wildman–Crippen LogP) is 1.66. The van der Waals surface area contributed by atoms with Crippen molar-refractivity contribution in [3.8, 4) is 0 Å². The molecule has 0 aliphatic carbocycles. The number of likely N-dealkylation sites (N-methyl/N-ethyl adjacent to an activating group) is 1. The summed E-state index contributed by atoms with van der Waals surface area (Å²) in [5.74, 6) is 0. The fraction of sp³-hybridized carbons (Fsp3) is 0.400. The van der Waals surface area contributed by atoms with Gasteiger partial charge in [-0.3, -0.25) is 0 Å². The molecular formula is C20H28INSi. The van der Waals surface area contributed by atoms with E-state index in [1.54, 1.807) is 0 Å². The van der Waals surface area contributed by atoms with Crippen LogP contribution < -0.4 is 24.0 Å². The molecule has 0 fully saturated rings. The normalized spacial score (nSPS) is 26.2. The second kappa shape index (κ2) is 7.07. The zero-order chi connectivity index (χ0) is 18.3. The Balaban J connectivity index is 0.00000243. The molecule has 3 heteroatoms. The molecule has 3 rings (SSSR count). The van der Waals surface area contributed by atoms with Gasteiger partial charge in [-0.25, -0.2) is 0 Å². The summed E-state index contributed by atoms with van der Waals surface area (Å²) in [5.41, 5.74) is 3.60. The molecule has 0 amide bonds. The van der Waals surface area contributed by atoms with E-state index in [1.807, 2.05) is 24.3 Å². The van der Waals surface area contributed by atoms with Gasteiger partial charge in [0, 0.05) is 17.5 Å². The molecule has 124 valence electrons. The Hall–Kier alpha value is -0.653. The molecule has 0 unspecified atom stereocenters. The van der Waals surface area contributed by atoms with Crippen molar-refractivity contribution in [3.05, 3.63) is 71.3 Å². The third-order valence-electron chi connectivity index (χ3n) is 4.50. The number of nitrogens with zero attached hydrogens (tertiary/aromatic N) is 1. The molecule has 1 aliphatic rings. The van der Waals surface area contributed by atoms with Crippen molar-refractivity contribution in [2.24, 2.45) is 0 Å². The van der Waals surface area contributed by atoms with E-state index < -0.39 is 15.0 Å². The molecule has 0 spiro atoms. The molecule has 1 nitrogen and oxygen atoms in total. The van der Waals surface area contributed by atoms with Crippen LogP contribution >= 0.6 is 0 Å². The summed E-state index contributed by atoms with van der Waals surface area (Å²) in [6.45, 7) is 5.48. The van der Waals surface area contributed by atoms with Crippen LogP contribution in [0.3, 0.4) is 0 Å². The maximum Gasteiger partial charge on any atom is 0.140 e. The molecule has 2 aromatic rings. The molecule has 0 saturated carbocycles. The molecular weight excluding hydrogens is 409 g/mol. The van der Waals surface area contributed by atoms with E-state index in [4.69, 9.17) is 4.11 Å². The molecule has 2 aromatic carbocycles. The van der Waals surface area contributed by atoms with E-state index in [9.17, 15) is 0 Å². The summed E-state index contributed by atoms with van der Waals surface area (Å²) in [7, 11) is -1.61. The van der Waals surface area contributed by atoms with Crippen molar-refractivity contribution in [3.63, 3.8) is 0 Å². The second-order valence-corrected chi connectivity index (χ2v) is 13.2. The highest BCUT2D eigenvalue weighted by Gasteiger charge is 2.42. The summed E-state index contributed by atoms with van der Waals surface area (Å²) >= 11 is 0. The van der Waals surface area contributed by atoms with Crippen molar-refractivity contribution < 1.29 is 32.6 Å². The van der Waals surface area contributed by atoms with Gasteiger partial charge in [0.25, 0.3) is 0 Å². The van der Waals surface area contributed by atoms with Gasteiger partial charge in [0.1, 0.15) is 14.1 Å². The lowest BCUT2D eigenvalue weighted by atomic mass is 9.87. The van der Waals surface area contributed by atoms with Gasteiger partial charge in [0.15, 0.2) is 0 Å². The van der Waals surface area contributed by atoms with Crippen molar-refractivity contribution in [2.75, 3.05) is 19.7 Å². The fourth-order valence-electron chi connectivity index (χ4n) is 3.86. The molecule has 0 saturated heterocycles. The first-order chi connectivity index (χ1) is 11.6. The minimum atomic E-state index is -2.03. The molecule has 23 heavy (non-hydrogen) atoms. The van der Waals surface area contributed by atoms with Crippen LogP contribution in [0.15, 0.2) is 54.6 Å². The Morgan fingerprint density at radius 1 is 1.04 bits per heavy atom. The third-order valence-corrected chi connectivity index (χ3v) is 6.01. The Morgan fingerprint density at radius 3 is 2.35 bits per heavy atom. The van der Waals surface area contributed by atoms with E-state index in [1.165, 1.54) is 11.1 Å². The second-order valence-electron chi connectivity index (χ2n) is 7.74. The molecule has 1 aliphatic heterocycles. The SMILES string of the molecule is [2H]C([2H])([2H])[N@+]1(C[Si](C)(C)C)CCc2ccccc2[C@@H]1c1ccccc1.[I-]. The first kappa shape index (κ1) is 14.7. The number of hydrogen-bond donors (Lipinski definition) is 0. The summed E-state index contributed by atoms with van der Waals surface area (Å²) < 4.78 is 25.7. The fourth-order valence-corrected chi connectivity index (χ4v) is 5.89. The van der Waals surface area contributed by atoms with Crippen molar-refractivity contribution >= 4 is 8.07 Å². The monoisotopic (exact) mass is 440 g/mol. The molecule has 1 heterocycles. The molecule has 0 bridgehead atoms. The van der Waals surface area contributed by atoms with Crippen molar-refractivity contribution in [1.82, 2.24) is 0 Å². The van der Waals surface area contributed by atoms with E-state index in [-0.39, 0.29) is 34.5 Å². The highest BCUT2D eigenvalue weighted by molar-refractivity contribution is 6.76. The van der Waals surface area contributed by atoms with E-state index in [2.05, 4.69) is 50.0 Å². The molecule has 2 atom stereocenters. The van der Waals surface area contributed by atoms with Crippen LogP contribution in [0.4, 0.5) is 0 Å². The molecule has 0 aromatic heterocycles. The van der Waals surface area contributed by atoms with Crippen LogP contribution in [0.1, 0.15) is 26.8 Å². The number of hydrogen-bond acceptors (Lipinski definition) is 0. The maximum atomic E-state index is 8.50. The summed E-state index contributed by atoms with van der Waals surface area (Å²) in [6, 6.07) is 18.5. The van der Waals surface area contributed by atoms with Crippen LogP contribution in [0, 0.1) is 0 Å². The van der Waals surface area contributed by atoms with Gasteiger partial charge in [-0.15, -0.1) is 0 Å². The van der Waals surface area contributed by atoms with E-state index in [0.29, 0.717) is 6.54 Å². The number of halogens is 1. The number of quaternary nitrogens is 1. The van der Waals surface area contributed by atoms with Gasteiger partial charge in [-0.05, 0) is 5.56 Å². The van der Waals surface area contributed by atoms with Crippen molar-refractivity contribution in [2.45, 2.75) is 32.1 Å². The Bertz CT molecular complexity index is 743. The number of benzene rings is 2. The van der Waals surface area contributed by atoms with Crippen molar-refractivity contribution in [1.29, 1.82) is 0 Å². The lowest BCUT2D eigenvalue weighted by Crippen LogP contribution is -3.00. The van der Waals surface area contributed by atoms with Crippen LogP contribution in [0.2, 0.25) is 19.6 Å². The van der Waals surface area contributed by atoms with Crippen LogP contribution in [-0.4, -0.2) is 32.2 Å². The van der Waals surface area contributed by atoms with Gasteiger partial charge in [0.05, 0.1) is 23.8 Å². The van der Waals surface area contributed by atoms with Gasteiger partial charge in [-0.2, -0.15) is 0 Å². The minimum absolute atomic E-state index is 0. The highest BCUT2D eigenvalue weighted by atomic mass is 127. The van der Waals surface area contributed by atoms with E-state index in [0.717, 1.165) is 18.2 Å². The lowest BCUT2D eigenvalue weighted by molar-refractivity contribution is -0.926. The summed E-state index contributed by atoms with van der Waals surface area (Å²) in [4.78, 5) is 0. The third kappa shape index (κ3) is 4.06. The molecule has 0 radical (unpaired) electrons. The lowest BCUT2D eigenvalue weighted by Gasteiger charge is -2.48. The summed E-state index contributed by atoms with van der Waals surface area (Å²) in [5, 5.41) is 0. The van der Waals surface area contributed by atoms with Gasteiger partial charge < -0.3 is 28.5 Å². The topological polar surface area (TPSA) is 0 Å². The Labute approximate surface area is 163 Å². The zero-order valence-corrected chi connectivity index (χ0v) is 17.4. The smallest absolute Gasteiger partial charge is 0.140 e. The van der Waals surface area contributed by atoms with Gasteiger partial charge >= 0.3 is 0 Å². The zero-order valence-electron chi connectivity index (χ0n) is 17.2. The first-order valence-electron chi connectivity index (χ1n) is 9.64. The number of fused-ring (bicyclic) bond motifs is 1. The standard InChI is InChI=1S/C20H28NSi.HI/c1-21(16-22(2,3)4)15-14-17-10-8-9-13-19(17)20(21)18-11-6-5-7-12-18;/h5-13,20H,14-16H2,1-4H3;1H/q+1;/p-1/t20-,21+;/m0./s1/i1D3;.